The summed E-state index contributed by atoms with van der Waals surface area (Å²) in [4.78, 5) is 0. The van der Waals surface area contributed by atoms with E-state index in [4.69, 9.17) is 9.47 Å². The molecule has 1 heterocycles. The van der Waals surface area contributed by atoms with Crippen molar-refractivity contribution in [2.24, 2.45) is 0 Å². The summed E-state index contributed by atoms with van der Waals surface area (Å²) in [5, 5.41) is 0. The van der Waals surface area contributed by atoms with Crippen molar-refractivity contribution in [3.05, 3.63) is 0 Å². The third kappa shape index (κ3) is 4.98. The average Bonchev–Trinajstić information content (AvgIpc) is 3.07. The maximum absolute atomic E-state index is 5.91. The Bertz CT molecular complexity index is 156. The lowest BCUT2D eigenvalue weighted by molar-refractivity contribution is 0.0282. The lowest BCUT2D eigenvalue weighted by Crippen LogP contribution is -2.16. The van der Waals surface area contributed by atoms with Crippen molar-refractivity contribution in [2.75, 3.05) is 13.2 Å². The summed E-state index contributed by atoms with van der Waals surface area (Å²) in [5.41, 5.74) is 0. The zero-order valence-electron chi connectivity index (χ0n) is 9.75. The predicted octanol–water partition coefficient (Wildman–Crippen LogP) is 3.29. The van der Waals surface area contributed by atoms with E-state index in [0.717, 1.165) is 13.2 Å². The van der Waals surface area contributed by atoms with Crippen molar-refractivity contribution in [2.45, 2.75) is 70.0 Å². The first kappa shape index (κ1) is 11.4. The molecule has 1 aliphatic heterocycles. The SMILES string of the molecule is C1CCCCC(OCC2CO2)CCCC1. The average molecular weight is 212 g/mol. The van der Waals surface area contributed by atoms with E-state index in [2.05, 4.69) is 0 Å². The van der Waals surface area contributed by atoms with E-state index in [1.165, 1.54) is 57.8 Å². The van der Waals surface area contributed by atoms with E-state index in [9.17, 15) is 0 Å². The van der Waals surface area contributed by atoms with E-state index in [-0.39, 0.29) is 0 Å². The molecule has 1 saturated heterocycles. The molecular weight excluding hydrogens is 188 g/mol. The highest BCUT2D eigenvalue weighted by atomic mass is 16.6. The predicted molar refractivity (Wildman–Crippen MR) is 61.0 cm³/mol. The number of epoxide rings is 1. The molecule has 2 heteroatoms. The molecule has 0 aromatic rings. The maximum Gasteiger partial charge on any atom is 0.104 e. The van der Waals surface area contributed by atoms with Gasteiger partial charge in [0.05, 0.1) is 19.3 Å². The van der Waals surface area contributed by atoms with Crippen LogP contribution in [0.4, 0.5) is 0 Å². The van der Waals surface area contributed by atoms with Gasteiger partial charge in [-0.25, -0.2) is 0 Å². The fraction of sp³-hybridized carbons (Fsp3) is 1.00. The Morgan fingerprint density at radius 3 is 1.93 bits per heavy atom. The Kier molecular flexibility index (Phi) is 4.94. The van der Waals surface area contributed by atoms with Gasteiger partial charge in [-0.05, 0) is 12.8 Å². The molecular formula is C13H24O2. The lowest BCUT2D eigenvalue weighted by atomic mass is 9.99. The van der Waals surface area contributed by atoms with E-state index in [0.29, 0.717) is 12.2 Å². The minimum Gasteiger partial charge on any atom is -0.375 e. The van der Waals surface area contributed by atoms with Crippen LogP contribution < -0.4 is 0 Å². The molecule has 0 aromatic carbocycles. The molecule has 1 saturated carbocycles. The fourth-order valence-electron chi connectivity index (χ4n) is 2.35. The molecule has 0 N–H and O–H groups in total. The largest absolute Gasteiger partial charge is 0.375 e. The van der Waals surface area contributed by atoms with Crippen LogP contribution in [0.25, 0.3) is 0 Å². The molecule has 2 nitrogen and oxygen atoms in total. The van der Waals surface area contributed by atoms with Crippen LogP contribution in [0.5, 0.6) is 0 Å². The van der Waals surface area contributed by atoms with Crippen LogP contribution >= 0.6 is 0 Å². The monoisotopic (exact) mass is 212 g/mol. The first-order chi connectivity index (χ1) is 7.45. The van der Waals surface area contributed by atoms with E-state index >= 15 is 0 Å². The minimum atomic E-state index is 0.431. The van der Waals surface area contributed by atoms with Gasteiger partial charge in [-0.2, -0.15) is 0 Å². The van der Waals surface area contributed by atoms with Gasteiger partial charge in [0.2, 0.25) is 0 Å². The van der Waals surface area contributed by atoms with Gasteiger partial charge in [0, 0.05) is 0 Å². The Morgan fingerprint density at radius 1 is 0.867 bits per heavy atom. The summed E-state index contributed by atoms with van der Waals surface area (Å²) in [7, 11) is 0. The van der Waals surface area contributed by atoms with Gasteiger partial charge in [-0.3, -0.25) is 0 Å². The van der Waals surface area contributed by atoms with Gasteiger partial charge in [0.1, 0.15) is 6.10 Å². The van der Waals surface area contributed by atoms with E-state index in [1.807, 2.05) is 0 Å². The number of ether oxygens (including phenoxy) is 2. The molecule has 0 spiro atoms. The van der Waals surface area contributed by atoms with Gasteiger partial charge in [0.15, 0.2) is 0 Å². The van der Waals surface area contributed by atoms with Crippen LogP contribution in [0.2, 0.25) is 0 Å². The summed E-state index contributed by atoms with van der Waals surface area (Å²) >= 11 is 0. The standard InChI is InChI=1S/C13H24O2/c1-2-4-6-8-12(9-7-5-3-1)14-10-13-11-15-13/h12-13H,1-11H2. The number of hydrogen-bond acceptors (Lipinski definition) is 2. The molecule has 0 amide bonds. The summed E-state index contributed by atoms with van der Waals surface area (Å²) in [5.74, 6) is 0. The molecule has 1 atom stereocenters. The van der Waals surface area contributed by atoms with Crippen LogP contribution in [0.3, 0.4) is 0 Å². The Labute approximate surface area is 93.3 Å². The normalized spacial score (nSPS) is 30.0. The highest BCUT2D eigenvalue weighted by Gasteiger charge is 2.24. The molecule has 88 valence electrons. The molecule has 2 aliphatic rings. The third-order valence-electron chi connectivity index (χ3n) is 3.47. The van der Waals surface area contributed by atoms with Crippen LogP contribution in [0.15, 0.2) is 0 Å². The Morgan fingerprint density at radius 2 is 1.40 bits per heavy atom. The van der Waals surface area contributed by atoms with Crippen LogP contribution in [-0.4, -0.2) is 25.4 Å². The van der Waals surface area contributed by atoms with E-state index < -0.39 is 0 Å². The molecule has 1 aliphatic carbocycles. The van der Waals surface area contributed by atoms with Crippen molar-refractivity contribution in [1.29, 1.82) is 0 Å². The Hall–Kier alpha value is -0.0800. The first-order valence-corrected chi connectivity index (χ1v) is 6.68. The second kappa shape index (κ2) is 6.49. The summed E-state index contributed by atoms with van der Waals surface area (Å²) in [6.07, 6.45) is 13.3. The first-order valence-electron chi connectivity index (χ1n) is 6.68. The Balaban J connectivity index is 1.63. The fourth-order valence-corrected chi connectivity index (χ4v) is 2.35. The number of hydrogen-bond donors (Lipinski definition) is 0. The third-order valence-corrected chi connectivity index (χ3v) is 3.47. The second-order valence-corrected chi connectivity index (χ2v) is 4.96. The van der Waals surface area contributed by atoms with Gasteiger partial charge in [-0.1, -0.05) is 44.9 Å². The second-order valence-electron chi connectivity index (χ2n) is 4.96. The zero-order chi connectivity index (χ0) is 10.3. The highest BCUT2D eigenvalue weighted by Crippen LogP contribution is 2.20. The highest BCUT2D eigenvalue weighted by molar-refractivity contribution is 4.70. The van der Waals surface area contributed by atoms with Crippen LogP contribution in [0.1, 0.15) is 57.8 Å². The summed E-state index contributed by atoms with van der Waals surface area (Å²) in [6.45, 7) is 1.76. The van der Waals surface area contributed by atoms with E-state index in [1.54, 1.807) is 0 Å². The zero-order valence-corrected chi connectivity index (χ0v) is 9.75. The van der Waals surface area contributed by atoms with Gasteiger partial charge in [0.25, 0.3) is 0 Å². The van der Waals surface area contributed by atoms with Gasteiger partial charge < -0.3 is 9.47 Å². The molecule has 15 heavy (non-hydrogen) atoms. The molecule has 0 aromatic heterocycles. The summed E-state index contributed by atoms with van der Waals surface area (Å²) < 4.78 is 11.1. The van der Waals surface area contributed by atoms with Crippen molar-refractivity contribution < 1.29 is 9.47 Å². The lowest BCUT2D eigenvalue weighted by Gasteiger charge is -2.18. The molecule has 2 rings (SSSR count). The minimum absolute atomic E-state index is 0.431. The topological polar surface area (TPSA) is 21.8 Å². The molecule has 2 fully saturated rings. The van der Waals surface area contributed by atoms with Crippen LogP contribution in [-0.2, 0) is 9.47 Å². The van der Waals surface area contributed by atoms with Crippen molar-refractivity contribution in [3.8, 4) is 0 Å². The van der Waals surface area contributed by atoms with Crippen molar-refractivity contribution >= 4 is 0 Å². The summed E-state index contributed by atoms with van der Waals surface area (Å²) in [6, 6.07) is 0. The van der Waals surface area contributed by atoms with Crippen LogP contribution in [0, 0.1) is 0 Å². The van der Waals surface area contributed by atoms with Gasteiger partial charge in [-0.15, -0.1) is 0 Å². The number of rotatable bonds is 3. The van der Waals surface area contributed by atoms with Gasteiger partial charge >= 0.3 is 0 Å². The van der Waals surface area contributed by atoms with Crippen molar-refractivity contribution in [1.82, 2.24) is 0 Å². The molecule has 1 unspecified atom stereocenters. The molecule has 0 radical (unpaired) electrons. The maximum atomic E-state index is 5.91. The quantitative estimate of drug-likeness (QED) is 0.670. The van der Waals surface area contributed by atoms with Crippen molar-refractivity contribution in [3.63, 3.8) is 0 Å². The smallest absolute Gasteiger partial charge is 0.104 e. The molecule has 0 bridgehead atoms.